The first kappa shape index (κ1) is 84.8. The van der Waals surface area contributed by atoms with Crippen molar-refractivity contribution in [3.05, 3.63) is 12.2 Å². The summed E-state index contributed by atoms with van der Waals surface area (Å²) in [7, 11) is 0. The Kier molecular flexibility index (Phi) is 51.0. The van der Waals surface area contributed by atoms with E-state index >= 15 is 0 Å². The molecule has 0 aliphatic carbocycles. The van der Waals surface area contributed by atoms with Crippen LogP contribution in [0.15, 0.2) is 12.2 Å². The third-order valence-electron chi connectivity index (χ3n) is 19.3. The number of allylic oxidation sites excluding steroid dienone is 1. The molecule has 12 N–H and O–H groups in total. The summed E-state index contributed by atoms with van der Waals surface area (Å²) in [5.41, 5.74) is 0. The lowest BCUT2D eigenvalue weighted by molar-refractivity contribution is -0.379. The van der Waals surface area contributed by atoms with Crippen LogP contribution in [0.4, 0.5) is 0 Å². The third-order valence-corrected chi connectivity index (χ3v) is 19.3. The molecule has 0 aromatic heterocycles. The fourth-order valence-corrected chi connectivity index (χ4v) is 13.2. The minimum Gasteiger partial charge on any atom is -0.394 e. The number of hydrogen-bond donors (Lipinski definition) is 12. The van der Waals surface area contributed by atoms with Gasteiger partial charge in [-0.05, 0) is 19.3 Å². The van der Waals surface area contributed by atoms with Gasteiger partial charge >= 0.3 is 0 Å². The Morgan fingerprint density at radius 1 is 0.380 bits per heavy atom. The van der Waals surface area contributed by atoms with E-state index in [1.165, 1.54) is 244 Å². The molecule has 17 atom stereocenters. The first-order valence-electron chi connectivity index (χ1n) is 37.9. The van der Waals surface area contributed by atoms with Gasteiger partial charge in [0.2, 0.25) is 5.91 Å². The zero-order valence-corrected chi connectivity index (χ0v) is 57.8. The van der Waals surface area contributed by atoms with E-state index in [1.807, 2.05) is 6.08 Å². The molecule has 3 heterocycles. The van der Waals surface area contributed by atoms with Crippen molar-refractivity contribution in [2.45, 2.75) is 420 Å². The van der Waals surface area contributed by atoms with E-state index < -0.39 is 124 Å². The minimum atomic E-state index is -1.97. The maximum atomic E-state index is 13.4. The number of carbonyl (C=O) groups excluding carboxylic acids is 1. The molecule has 0 radical (unpaired) electrons. The average Bonchev–Trinajstić information content (AvgIpc) is 0.800. The van der Waals surface area contributed by atoms with Crippen molar-refractivity contribution in [3.8, 4) is 0 Å². The van der Waals surface area contributed by atoms with Crippen molar-refractivity contribution < 1.29 is 89.4 Å². The molecule has 3 aliphatic heterocycles. The molecule has 0 spiro atoms. The van der Waals surface area contributed by atoms with E-state index in [1.54, 1.807) is 6.08 Å². The van der Waals surface area contributed by atoms with Crippen molar-refractivity contribution in [2.24, 2.45) is 0 Å². The number of carbonyl (C=O) groups is 1. The lowest BCUT2D eigenvalue weighted by Gasteiger charge is -2.48. The monoisotopic (exact) mass is 1320 g/mol. The Bertz CT molecular complexity index is 1720. The zero-order valence-electron chi connectivity index (χ0n) is 57.8. The summed E-state index contributed by atoms with van der Waals surface area (Å²) >= 11 is 0. The molecule has 3 aliphatic rings. The van der Waals surface area contributed by atoms with E-state index in [0.717, 1.165) is 44.9 Å². The predicted molar refractivity (Wildman–Crippen MR) is 360 cm³/mol. The molecule has 0 bridgehead atoms. The normalized spacial score (nSPS) is 27.7. The van der Waals surface area contributed by atoms with Gasteiger partial charge in [-0.25, -0.2) is 0 Å². The standard InChI is InChI=1S/C73H139NO18/c1-3-5-7-9-11-13-14-15-16-17-18-19-20-21-22-23-24-25-26-27-28-29-30-31-32-33-34-35-36-37-38-39-40-41-43-45-47-49-51-61(79)74-56(57(78)50-48-46-44-42-12-10-8-6-4-2)55-87-71-67(85)64(82)69(59(53-76)89-71)92-73-68(86)65(83)70(60(54-77)90-73)91-72-66(84)63(81)62(80)58(52-75)88-72/h48,50,56-60,62-73,75-78,80-86H,3-47,49,51-55H2,1-2H3,(H,74,79)/b50-48+. The molecule has 3 fully saturated rings. The molecule has 0 aromatic rings. The molecule has 0 saturated carbocycles. The third kappa shape index (κ3) is 36.4. The van der Waals surface area contributed by atoms with Crippen LogP contribution in [0.25, 0.3) is 0 Å². The molecule has 19 heteroatoms. The van der Waals surface area contributed by atoms with Crippen molar-refractivity contribution >= 4 is 5.91 Å². The van der Waals surface area contributed by atoms with Crippen LogP contribution < -0.4 is 5.32 Å². The lowest BCUT2D eigenvalue weighted by Crippen LogP contribution is -2.66. The van der Waals surface area contributed by atoms with Gasteiger partial charge in [0, 0.05) is 6.42 Å². The van der Waals surface area contributed by atoms with Gasteiger partial charge in [0.05, 0.1) is 38.6 Å². The van der Waals surface area contributed by atoms with Crippen molar-refractivity contribution in [1.82, 2.24) is 5.32 Å². The summed E-state index contributed by atoms with van der Waals surface area (Å²) in [6, 6.07) is -0.967. The number of ether oxygens (including phenoxy) is 6. The van der Waals surface area contributed by atoms with Crippen LogP contribution in [0.2, 0.25) is 0 Å². The quantitative estimate of drug-likeness (QED) is 0.0199. The van der Waals surface area contributed by atoms with Gasteiger partial charge in [0.15, 0.2) is 18.9 Å². The second-order valence-electron chi connectivity index (χ2n) is 27.5. The number of aliphatic hydroxyl groups is 11. The van der Waals surface area contributed by atoms with Gasteiger partial charge < -0.3 is 89.9 Å². The first-order chi connectivity index (χ1) is 44.8. The van der Waals surface area contributed by atoms with Crippen LogP contribution in [0, 0.1) is 0 Å². The highest BCUT2D eigenvalue weighted by atomic mass is 16.8. The van der Waals surface area contributed by atoms with Crippen LogP contribution in [0.1, 0.15) is 316 Å². The largest absolute Gasteiger partial charge is 0.394 e. The summed E-state index contributed by atoms with van der Waals surface area (Å²) in [5.74, 6) is -0.272. The van der Waals surface area contributed by atoms with Crippen LogP contribution >= 0.6 is 0 Å². The molecular weight excluding hydrogens is 1180 g/mol. The minimum absolute atomic E-state index is 0.249. The van der Waals surface area contributed by atoms with Gasteiger partial charge in [-0.3, -0.25) is 4.79 Å². The summed E-state index contributed by atoms with van der Waals surface area (Å²) in [5, 5.41) is 120. The molecule has 3 rings (SSSR count). The molecule has 19 nitrogen and oxygen atoms in total. The highest BCUT2D eigenvalue weighted by molar-refractivity contribution is 5.76. The molecule has 17 unspecified atom stereocenters. The van der Waals surface area contributed by atoms with Crippen LogP contribution in [0.5, 0.6) is 0 Å². The molecular formula is C73H139NO18. The Balaban J connectivity index is 1.25. The van der Waals surface area contributed by atoms with Gasteiger partial charge in [-0.1, -0.05) is 302 Å². The highest BCUT2D eigenvalue weighted by Gasteiger charge is 2.53. The molecule has 544 valence electrons. The maximum Gasteiger partial charge on any atom is 0.220 e. The van der Waals surface area contributed by atoms with Crippen LogP contribution in [0.3, 0.4) is 0 Å². The Morgan fingerprint density at radius 3 is 1.02 bits per heavy atom. The second-order valence-corrected chi connectivity index (χ2v) is 27.5. The van der Waals surface area contributed by atoms with Crippen LogP contribution in [-0.2, 0) is 33.2 Å². The summed E-state index contributed by atoms with van der Waals surface area (Å²) in [6.07, 6.45) is 37.0. The van der Waals surface area contributed by atoms with Crippen molar-refractivity contribution in [2.75, 3.05) is 26.4 Å². The fourth-order valence-electron chi connectivity index (χ4n) is 13.2. The number of hydrogen-bond acceptors (Lipinski definition) is 18. The number of amides is 1. The second kappa shape index (κ2) is 55.4. The smallest absolute Gasteiger partial charge is 0.220 e. The zero-order chi connectivity index (χ0) is 66.8. The van der Waals surface area contributed by atoms with Gasteiger partial charge in [-0.15, -0.1) is 0 Å². The predicted octanol–water partition coefficient (Wildman–Crippen LogP) is 11.2. The Morgan fingerprint density at radius 2 is 0.674 bits per heavy atom. The summed E-state index contributed by atoms with van der Waals surface area (Å²) in [6.45, 7) is 1.72. The highest BCUT2D eigenvalue weighted by Crippen LogP contribution is 2.33. The van der Waals surface area contributed by atoms with E-state index in [-0.39, 0.29) is 18.9 Å². The van der Waals surface area contributed by atoms with Gasteiger partial charge in [0.1, 0.15) is 73.2 Å². The van der Waals surface area contributed by atoms with E-state index in [4.69, 9.17) is 28.4 Å². The molecule has 0 aromatic carbocycles. The Hall–Kier alpha value is -1.47. The van der Waals surface area contributed by atoms with Crippen molar-refractivity contribution in [3.63, 3.8) is 0 Å². The first-order valence-corrected chi connectivity index (χ1v) is 37.9. The van der Waals surface area contributed by atoms with E-state index in [2.05, 4.69) is 19.2 Å². The van der Waals surface area contributed by atoms with Crippen molar-refractivity contribution in [1.29, 1.82) is 0 Å². The SMILES string of the molecule is CCCCCCCCC/C=C/C(O)C(COC1OC(CO)C(OC2OC(CO)C(OC3OC(CO)C(O)C(O)C3O)C(O)C2O)C(O)C1O)NC(=O)CCCCCCCCCCCCCCCCCCCCCCCCCCCCCCCCCCCCCCCC. The van der Waals surface area contributed by atoms with E-state index in [9.17, 15) is 61.0 Å². The maximum absolute atomic E-state index is 13.4. The fraction of sp³-hybridized carbons (Fsp3) is 0.959. The molecule has 92 heavy (non-hydrogen) atoms. The summed E-state index contributed by atoms with van der Waals surface area (Å²) in [4.78, 5) is 13.4. The number of aliphatic hydroxyl groups excluding tert-OH is 11. The molecule has 3 saturated heterocycles. The van der Waals surface area contributed by atoms with Crippen LogP contribution in [-0.4, -0.2) is 193 Å². The van der Waals surface area contributed by atoms with Gasteiger partial charge in [0.25, 0.3) is 0 Å². The number of nitrogens with one attached hydrogen (secondary N) is 1. The lowest BCUT2D eigenvalue weighted by atomic mass is 9.96. The average molecular weight is 1320 g/mol. The van der Waals surface area contributed by atoms with E-state index in [0.29, 0.717) is 6.42 Å². The molecule has 1 amide bonds. The number of rotatable bonds is 60. The topological polar surface area (TPSA) is 307 Å². The van der Waals surface area contributed by atoms with Gasteiger partial charge in [-0.2, -0.15) is 0 Å². The summed E-state index contributed by atoms with van der Waals surface area (Å²) < 4.78 is 34.3. The Labute approximate surface area is 556 Å². The number of unbranched alkanes of at least 4 members (excludes halogenated alkanes) is 44.